The van der Waals surface area contributed by atoms with Crippen LogP contribution in [0, 0.1) is 11.8 Å². The number of nitrogens with zero attached hydrogens (tertiary/aromatic N) is 2. The highest BCUT2D eigenvalue weighted by atomic mass is 16.2. The van der Waals surface area contributed by atoms with Crippen molar-refractivity contribution in [2.24, 2.45) is 17.6 Å². The van der Waals surface area contributed by atoms with E-state index in [1.54, 1.807) is 0 Å². The summed E-state index contributed by atoms with van der Waals surface area (Å²) in [5, 5.41) is 0. The summed E-state index contributed by atoms with van der Waals surface area (Å²) in [5.41, 5.74) is 5.79. The number of nitrogens with two attached hydrogens (primary N) is 1. The minimum absolute atomic E-state index is 0.205. The maximum absolute atomic E-state index is 12.6. The number of piperidine rings is 1. The molecule has 4 heteroatoms. The van der Waals surface area contributed by atoms with Crippen molar-refractivity contribution < 1.29 is 4.79 Å². The van der Waals surface area contributed by atoms with Crippen LogP contribution in [0.5, 0.6) is 0 Å². The Morgan fingerprint density at radius 2 is 2.06 bits per heavy atom. The molecule has 1 aliphatic carbocycles. The topological polar surface area (TPSA) is 49.6 Å². The van der Waals surface area contributed by atoms with E-state index in [0.29, 0.717) is 24.4 Å². The van der Waals surface area contributed by atoms with Gasteiger partial charge in [0.25, 0.3) is 0 Å². The van der Waals surface area contributed by atoms with Crippen molar-refractivity contribution in [2.75, 3.05) is 33.7 Å². The Morgan fingerprint density at radius 3 is 2.72 bits per heavy atom. The molecule has 2 N–H and O–H groups in total. The Kier molecular flexibility index (Phi) is 4.62. The Balaban J connectivity index is 1.96. The van der Waals surface area contributed by atoms with Gasteiger partial charge in [0.15, 0.2) is 0 Å². The second-order valence-electron chi connectivity index (χ2n) is 6.08. The molecule has 1 amide bonds. The van der Waals surface area contributed by atoms with Gasteiger partial charge in [-0.05, 0) is 52.2 Å². The standard InChI is InChI=1S/C14H27N3O/c1-16(2)12-6-4-8-17(10-12)14(18)13-7-3-5-11(13)9-15/h11-13H,3-10,15H2,1-2H3. The molecule has 3 atom stereocenters. The second-order valence-corrected chi connectivity index (χ2v) is 6.08. The average molecular weight is 253 g/mol. The maximum Gasteiger partial charge on any atom is 0.226 e. The van der Waals surface area contributed by atoms with Gasteiger partial charge in [-0.15, -0.1) is 0 Å². The van der Waals surface area contributed by atoms with Crippen LogP contribution < -0.4 is 5.73 Å². The number of likely N-dealkylation sites (N-methyl/N-ethyl adjacent to an activating group) is 1. The van der Waals surface area contributed by atoms with Gasteiger partial charge < -0.3 is 15.5 Å². The van der Waals surface area contributed by atoms with Crippen LogP contribution in [0.3, 0.4) is 0 Å². The highest BCUT2D eigenvalue weighted by Crippen LogP contribution is 2.33. The second kappa shape index (κ2) is 6.02. The lowest BCUT2D eigenvalue weighted by atomic mass is 9.93. The van der Waals surface area contributed by atoms with Crippen LogP contribution in [0.1, 0.15) is 32.1 Å². The van der Waals surface area contributed by atoms with Crippen LogP contribution >= 0.6 is 0 Å². The van der Waals surface area contributed by atoms with E-state index in [-0.39, 0.29) is 5.92 Å². The Bertz CT molecular complexity index is 293. The molecule has 1 saturated carbocycles. The van der Waals surface area contributed by atoms with E-state index < -0.39 is 0 Å². The number of carbonyl (C=O) groups is 1. The summed E-state index contributed by atoms with van der Waals surface area (Å²) in [5.74, 6) is 1.00. The minimum Gasteiger partial charge on any atom is -0.341 e. The van der Waals surface area contributed by atoms with E-state index in [4.69, 9.17) is 5.73 Å². The fraction of sp³-hybridized carbons (Fsp3) is 0.929. The molecule has 2 rings (SSSR count). The number of carbonyl (C=O) groups excluding carboxylic acids is 1. The zero-order valence-electron chi connectivity index (χ0n) is 11.8. The predicted molar refractivity (Wildman–Crippen MR) is 73.2 cm³/mol. The van der Waals surface area contributed by atoms with Crippen molar-refractivity contribution in [3.63, 3.8) is 0 Å². The van der Waals surface area contributed by atoms with E-state index >= 15 is 0 Å². The monoisotopic (exact) mass is 253 g/mol. The van der Waals surface area contributed by atoms with Crippen molar-refractivity contribution in [3.05, 3.63) is 0 Å². The Labute approximate surface area is 110 Å². The first kappa shape index (κ1) is 13.8. The number of hydrogen-bond acceptors (Lipinski definition) is 3. The number of hydrogen-bond donors (Lipinski definition) is 1. The van der Waals surface area contributed by atoms with E-state index in [1.807, 2.05) is 0 Å². The Morgan fingerprint density at radius 1 is 1.28 bits per heavy atom. The molecule has 3 unspecified atom stereocenters. The number of likely N-dealkylation sites (tertiary alicyclic amines) is 1. The summed E-state index contributed by atoms with van der Waals surface area (Å²) in [7, 11) is 4.22. The average Bonchev–Trinajstić information content (AvgIpc) is 2.86. The van der Waals surface area contributed by atoms with Gasteiger partial charge in [0, 0.05) is 25.0 Å². The summed E-state index contributed by atoms with van der Waals surface area (Å²) in [6.45, 7) is 2.51. The lowest BCUT2D eigenvalue weighted by Crippen LogP contribution is -2.50. The molecule has 0 spiro atoms. The minimum atomic E-state index is 0.205. The molecule has 0 aromatic rings. The molecule has 2 aliphatic rings. The summed E-state index contributed by atoms with van der Waals surface area (Å²) in [4.78, 5) is 16.9. The van der Waals surface area contributed by atoms with Crippen LogP contribution in [0.2, 0.25) is 0 Å². The summed E-state index contributed by atoms with van der Waals surface area (Å²) >= 11 is 0. The molecular weight excluding hydrogens is 226 g/mol. The molecule has 0 bridgehead atoms. The molecular formula is C14H27N3O. The number of rotatable bonds is 3. The molecule has 104 valence electrons. The lowest BCUT2D eigenvalue weighted by Gasteiger charge is -2.38. The predicted octanol–water partition coefficient (Wildman–Crippen LogP) is 0.914. The van der Waals surface area contributed by atoms with E-state index in [0.717, 1.165) is 32.4 Å². The van der Waals surface area contributed by atoms with Crippen LogP contribution in [0.25, 0.3) is 0 Å². The van der Waals surface area contributed by atoms with E-state index in [9.17, 15) is 4.79 Å². The molecule has 0 aromatic heterocycles. The van der Waals surface area contributed by atoms with Crippen molar-refractivity contribution in [3.8, 4) is 0 Å². The SMILES string of the molecule is CN(C)C1CCCN(C(=O)C2CCCC2CN)C1. The summed E-state index contributed by atoms with van der Waals surface area (Å²) in [6, 6.07) is 0.528. The normalized spacial score (nSPS) is 33.1. The molecule has 2 fully saturated rings. The smallest absolute Gasteiger partial charge is 0.226 e. The van der Waals surface area contributed by atoms with Crippen LogP contribution in [-0.4, -0.2) is 55.5 Å². The number of amides is 1. The Hall–Kier alpha value is -0.610. The van der Waals surface area contributed by atoms with E-state index in [2.05, 4.69) is 23.9 Å². The molecule has 1 saturated heterocycles. The first-order valence-corrected chi connectivity index (χ1v) is 7.28. The van der Waals surface area contributed by atoms with Gasteiger partial charge in [-0.2, -0.15) is 0 Å². The molecule has 4 nitrogen and oxygen atoms in total. The quantitative estimate of drug-likeness (QED) is 0.813. The van der Waals surface area contributed by atoms with Crippen LogP contribution in [0.15, 0.2) is 0 Å². The lowest BCUT2D eigenvalue weighted by molar-refractivity contribution is -0.138. The van der Waals surface area contributed by atoms with Crippen LogP contribution in [0.4, 0.5) is 0 Å². The van der Waals surface area contributed by atoms with Gasteiger partial charge in [-0.3, -0.25) is 4.79 Å². The third-order valence-corrected chi connectivity index (χ3v) is 4.72. The van der Waals surface area contributed by atoms with Gasteiger partial charge in [0.2, 0.25) is 5.91 Å². The van der Waals surface area contributed by atoms with Crippen molar-refractivity contribution in [2.45, 2.75) is 38.1 Å². The first-order valence-electron chi connectivity index (χ1n) is 7.28. The maximum atomic E-state index is 12.6. The van der Waals surface area contributed by atoms with E-state index in [1.165, 1.54) is 12.8 Å². The zero-order valence-corrected chi connectivity index (χ0v) is 11.8. The third kappa shape index (κ3) is 2.86. The molecule has 0 aromatic carbocycles. The van der Waals surface area contributed by atoms with Gasteiger partial charge in [-0.1, -0.05) is 6.42 Å². The fourth-order valence-corrected chi connectivity index (χ4v) is 3.45. The highest BCUT2D eigenvalue weighted by molar-refractivity contribution is 5.79. The fourth-order valence-electron chi connectivity index (χ4n) is 3.45. The zero-order chi connectivity index (χ0) is 13.1. The molecule has 18 heavy (non-hydrogen) atoms. The molecule has 1 aliphatic heterocycles. The van der Waals surface area contributed by atoms with Crippen molar-refractivity contribution in [1.82, 2.24) is 9.80 Å². The molecule has 0 radical (unpaired) electrons. The highest BCUT2D eigenvalue weighted by Gasteiger charge is 2.36. The van der Waals surface area contributed by atoms with Gasteiger partial charge in [0.05, 0.1) is 0 Å². The van der Waals surface area contributed by atoms with Gasteiger partial charge >= 0.3 is 0 Å². The molecule has 1 heterocycles. The summed E-state index contributed by atoms with van der Waals surface area (Å²) < 4.78 is 0. The third-order valence-electron chi connectivity index (χ3n) is 4.72. The largest absolute Gasteiger partial charge is 0.341 e. The van der Waals surface area contributed by atoms with Gasteiger partial charge in [-0.25, -0.2) is 0 Å². The summed E-state index contributed by atoms with van der Waals surface area (Å²) in [6.07, 6.45) is 5.70. The van der Waals surface area contributed by atoms with Crippen LogP contribution in [-0.2, 0) is 4.79 Å². The van der Waals surface area contributed by atoms with Crippen molar-refractivity contribution >= 4 is 5.91 Å². The van der Waals surface area contributed by atoms with Gasteiger partial charge in [0.1, 0.15) is 0 Å². The first-order chi connectivity index (χ1) is 8.63. The van der Waals surface area contributed by atoms with Crippen molar-refractivity contribution in [1.29, 1.82) is 0 Å².